The second-order valence-electron chi connectivity index (χ2n) is 7.42. The molecule has 1 aliphatic heterocycles. The van der Waals surface area contributed by atoms with Gasteiger partial charge in [0, 0.05) is 13.6 Å². The van der Waals surface area contributed by atoms with Crippen LogP contribution in [0, 0.1) is 0 Å². The number of methoxy groups -OCH3 is 1. The van der Waals surface area contributed by atoms with Crippen molar-refractivity contribution in [2.24, 2.45) is 4.99 Å². The van der Waals surface area contributed by atoms with Crippen LogP contribution in [0.5, 0.6) is 11.5 Å². The molecule has 1 fully saturated rings. The van der Waals surface area contributed by atoms with Crippen LogP contribution in [0.1, 0.15) is 45.4 Å². The lowest BCUT2D eigenvalue weighted by atomic mass is 10.1. The summed E-state index contributed by atoms with van der Waals surface area (Å²) in [5.74, 6) is 2.34. The van der Waals surface area contributed by atoms with E-state index in [1.54, 1.807) is 14.2 Å². The Morgan fingerprint density at radius 3 is 2.54 bits per heavy atom. The van der Waals surface area contributed by atoms with Crippen molar-refractivity contribution in [2.45, 2.75) is 51.6 Å². The first-order valence-electron chi connectivity index (χ1n) is 10.7. The maximum absolute atomic E-state index is 5.97. The van der Waals surface area contributed by atoms with Crippen molar-refractivity contribution in [3.63, 3.8) is 0 Å². The SMILES string of the molecule is CN=C(NCCCCCN1CCCCC1)NCC(C)Oc1ccccc1OC. The number of benzene rings is 1. The lowest BCUT2D eigenvalue weighted by molar-refractivity contribution is 0.213. The topological polar surface area (TPSA) is 58.1 Å². The summed E-state index contributed by atoms with van der Waals surface area (Å²) in [4.78, 5) is 6.91. The maximum atomic E-state index is 5.97. The van der Waals surface area contributed by atoms with Gasteiger partial charge >= 0.3 is 0 Å². The third-order valence-corrected chi connectivity index (χ3v) is 5.07. The highest BCUT2D eigenvalue weighted by atomic mass is 16.5. The van der Waals surface area contributed by atoms with Gasteiger partial charge in [-0.25, -0.2) is 0 Å². The van der Waals surface area contributed by atoms with Gasteiger partial charge in [0.05, 0.1) is 13.7 Å². The molecule has 1 atom stereocenters. The van der Waals surface area contributed by atoms with Crippen molar-refractivity contribution in [1.29, 1.82) is 0 Å². The quantitative estimate of drug-likeness (QED) is 0.345. The molecule has 1 aliphatic rings. The van der Waals surface area contributed by atoms with Crippen LogP contribution in [0.2, 0.25) is 0 Å². The number of aliphatic imine (C=N–C) groups is 1. The highest BCUT2D eigenvalue weighted by Crippen LogP contribution is 2.26. The van der Waals surface area contributed by atoms with Crippen LogP contribution >= 0.6 is 0 Å². The largest absolute Gasteiger partial charge is 0.493 e. The van der Waals surface area contributed by atoms with Crippen LogP contribution in [0.4, 0.5) is 0 Å². The number of guanidine groups is 1. The van der Waals surface area contributed by atoms with E-state index in [0.717, 1.165) is 24.0 Å². The minimum absolute atomic E-state index is 0.000562. The molecule has 2 rings (SSSR count). The molecule has 28 heavy (non-hydrogen) atoms. The lowest BCUT2D eigenvalue weighted by Gasteiger charge is -2.26. The van der Waals surface area contributed by atoms with Gasteiger partial charge in [-0.1, -0.05) is 25.0 Å². The van der Waals surface area contributed by atoms with Gasteiger partial charge in [0.25, 0.3) is 0 Å². The van der Waals surface area contributed by atoms with E-state index in [1.807, 2.05) is 31.2 Å². The first-order valence-corrected chi connectivity index (χ1v) is 10.7. The van der Waals surface area contributed by atoms with Crippen molar-refractivity contribution in [3.05, 3.63) is 24.3 Å². The molecule has 0 amide bonds. The van der Waals surface area contributed by atoms with Gasteiger partial charge in [-0.05, 0) is 64.4 Å². The summed E-state index contributed by atoms with van der Waals surface area (Å²) in [5, 5.41) is 6.73. The summed E-state index contributed by atoms with van der Waals surface area (Å²) in [6, 6.07) is 7.71. The molecule has 0 radical (unpaired) electrons. The van der Waals surface area contributed by atoms with E-state index in [1.165, 1.54) is 58.2 Å². The van der Waals surface area contributed by atoms with Crippen LogP contribution in [0.25, 0.3) is 0 Å². The normalized spacial score (nSPS) is 16.5. The predicted molar refractivity (Wildman–Crippen MR) is 117 cm³/mol. The zero-order chi connectivity index (χ0) is 20.0. The molecule has 1 unspecified atom stereocenters. The third-order valence-electron chi connectivity index (χ3n) is 5.07. The highest BCUT2D eigenvalue weighted by Gasteiger charge is 2.10. The molecule has 1 saturated heterocycles. The lowest BCUT2D eigenvalue weighted by Crippen LogP contribution is -2.42. The van der Waals surface area contributed by atoms with E-state index < -0.39 is 0 Å². The predicted octanol–water partition coefficient (Wildman–Crippen LogP) is 3.28. The van der Waals surface area contributed by atoms with Crippen molar-refractivity contribution in [1.82, 2.24) is 15.5 Å². The van der Waals surface area contributed by atoms with Crippen LogP contribution in [0.15, 0.2) is 29.3 Å². The Labute approximate surface area is 170 Å². The van der Waals surface area contributed by atoms with Gasteiger partial charge in [-0.3, -0.25) is 4.99 Å². The number of likely N-dealkylation sites (tertiary alicyclic amines) is 1. The average Bonchev–Trinajstić information content (AvgIpc) is 2.73. The number of para-hydroxylation sites is 2. The second kappa shape index (κ2) is 13.3. The van der Waals surface area contributed by atoms with E-state index in [-0.39, 0.29) is 6.10 Å². The Hall–Kier alpha value is -1.95. The molecule has 0 aliphatic carbocycles. The van der Waals surface area contributed by atoms with Crippen molar-refractivity contribution >= 4 is 5.96 Å². The fraction of sp³-hybridized carbons (Fsp3) is 0.682. The molecule has 6 heteroatoms. The Bertz CT molecular complexity index is 573. The molecule has 1 aromatic rings. The van der Waals surface area contributed by atoms with Gasteiger partial charge in [-0.2, -0.15) is 0 Å². The monoisotopic (exact) mass is 390 g/mol. The average molecular weight is 391 g/mol. The number of ether oxygens (including phenoxy) is 2. The van der Waals surface area contributed by atoms with E-state index in [9.17, 15) is 0 Å². The Kier molecular flexibility index (Phi) is 10.6. The molecule has 1 aromatic carbocycles. The minimum atomic E-state index is -0.000562. The first kappa shape index (κ1) is 22.3. The molecule has 0 spiro atoms. The Morgan fingerprint density at radius 1 is 1.07 bits per heavy atom. The zero-order valence-corrected chi connectivity index (χ0v) is 17.9. The number of piperidine rings is 1. The van der Waals surface area contributed by atoms with Crippen molar-refractivity contribution in [3.8, 4) is 11.5 Å². The number of rotatable bonds is 11. The van der Waals surface area contributed by atoms with Gasteiger partial charge in [0.2, 0.25) is 0 Å². The molecule has 158 valence electrons. The summed E-state index contributed by atoms with van der Waals surface area (Å²) in [5.41, 5.74) is 0. The molecule has 2 N–H and O–H groups in total. The number of hydrogen-bond donors (Lipinski definition) is 2. The van der Waals surface area contributed by atoms with Gasteiger partial charge in [-0.15, -0.1) is 0 Å². The molecule has 0 bridgehead atoms. The summed E-state index contributed by atoms with van der Waals surface area (Å²) in [7, 11) is 3.46. The van der Waals surface area contributed by atoms with Crippen LogP contribution in [0.3, 0.4) is 0 Å². The molecular weight excluding hydrogens is 352 g/mol. The molecule has 0 saturated carbocycles. The number of hydrogen-bond acceptors (Lipinski definition) is 4. The van der Waals surface area contributed by atoms with E-state index in [4.69, 9.17) is 9.47 Å². The standard InChI is InChI=1S/C22H38N4O2/c1-19(28-21-13-7-6-12-20(21)27-3)18-25-22(23-2)24-14-8-4-9-15-26-16-10-5-11-17-26/h6-7,12-13,19H,4-5,8-11,14-18H2,1-3H3,(H2,23,24,25). The zero-order valence-electron chi connectivity index (χ0n) is 17.9. The first-order chi connectivity index (χ1) is 13.7. The fourth-order valence-corrected chi connectivity index (χ4v) is 3.46. The molecular formula is C22H38N4O2. The fourth-order valence-electron chi connectivity index (χ4n) is 3.46. The third kappa shape index (κ3) is 8.38. The van der Waals surface area contributed by atoms with E-state index >= 15 is 0 Å². The minimum Gasteiger partial charge on any atom is -0.493 e. The van der Waals surface area contributed by atoms with Crippen LogP contribution in [-0.2, 0) is 0 Å². The number of unbranched alkanes of at least 4 members (excludes halogenated alkanes) is 2. The van der Waals surface area contributed by atoms with E-state index in [2.05, 4.69) is 20.5 Å². The van der Waals surface area contributed by atoms with Crippen molar-refractivity contribution in [2.75, 3.05) is 46.9 Å². The van der Waals surface area contributed by atoms with Crippen molar-refractivity contribution < 1.29 is 9.47 Å². The van der Waals surface area contributed by atoms with Crippen LogP contribution < -0.4 is 20.1 Å². The van der Waals surface area contributed by atoms with E-state index in [0.29, 0.717) is 6.54 Å². The molecule has 6 nitrogen and oxygen atoms in total. The number of nitrogens with zero attached hydrogens (tertiary/aromatic N) is 2. The summed E-state index contributed by atoms with van der Waals surface area (Å²) < 4.78 is 11.3. The maximum Gasteiger partial charge on any atom is 0.191 e. The molecule has 1 heterocycles. The highest BCUT2D eigenvalue weighted by molar-refractivity contribution is 5.79. The second-order valence-corrected chi connectivity index (χ2v) is 7.42. The summed E-state index contributed by atoms with van der Waals surface area (Å²) in [6.45, 7) is 7.50. The summed E-state index contributed by atoms with van der Waals surface area (Å²) in [6.07, 6.45) is 7.88. The summed E-state index contributed by atoms with van der Waals surface area (Å²) >= 11 is 0. The molecule has 0 aromatic heterocycles. The Morgan fingerprint density at radius 2 is 1.82 bits per heavy atom. The number of nitrogens with one attached hydrogen (secondary N) is 2. The van der Waals surface area contributed by atoms with Crippen LogP contribution in [-0.4, -0.2) is 63.8 Å². The Balaban J connectivity index is 1.56. The smallest absolute Gasteiger partial charge is 0.191 e. The van der Waals surface area contributed by atoms with Gasteiger partial charge < -0.3 is 25.0 Å². The van der Waals surface area contributed by atoms with Gasteiger partial charge in [0.1, 0.15) is 6.10 Å². The van der Waals surface area contributed by atoms with Gasteiger partial charge in [0.15, 0.2) is 17.5 Å².